The Hall–Kier alpha value is -6.90. The number of allylic oxidation sites excluding steroid dienone is 3. The highest BCUT2D eigenvalue weighted by Gasteiger charge is 2.36. The molecule has 0 N–H and O–H groups in total. The van der Waals surface area contributed by atoms with E-state index in [-0.39, 0.29) is 5.41 Å². The summed E-state index contributed by atoms with van der Waals surface area (Å²) in [4.78, 5) is 2.47. The molecular weight excluding hydrogens is 691 g/mol. The van der Waals surface area contributed by atoms with Gasteiger partial charge in [-0.2, -0.15) is 0 Å². The van der Waals surface area contributed by atoms with Crippen LogP contribution in [-0.4, -0.2) is 0 Å². The molecule has 2 heteroatoms. The molecule has 0 radical (unpaired) electrons. The maximum atomic E-state index is 6.95. The molecule has 1 atom stereocenters. The van der Waals surface area contributed by atoms with E-state index in [2.05, 4.69) is 213 Å². The van der Waals surface area contributed by atoms with Gasteiger partial charge < -0.3 is 9.32 Å². The number of nitrogens with zero attached hydrogens (tertiary/aromatic N) is 1. The first-order valence-corrected chi connectivity index (χ1v) is 20.0. The Labute approximate surface area is 333 Å². The van der Waals surface area contributed by atoms with Crippen molar-refractivity contribution in [3.63, 3.8) is 0 Å². The molecule has 11 rings (SSSR count). The van der Waals surface area contributed by atoms with Gasteiger partial charge in [-0.15, -0.1) is 0 Å². The maximum absolute atomic E-state index is 6.95. The van der Waals surface area contributed by atoms with Crippen molar-refractivity contribution in [1.82, 2.24) is 0 Å². The van der Waals surface area contributed by atoms with Gasteiger partial charge in [-0.3, -0.25) is 0 Å². The van der Waals surface area contributed by atoms with Crippen LogP contribution in [0, 0.1) is 0 Å². The van der Waals surface area contributed by atoms with E-state index in [1.54, 1.807) is 0 Å². The minimum absolute atomic E-state index is 0.128. The van der Waals surface area contributed by atoms with Gasteiger partial charge in [0.05, 0.1) is 11.1 Å². The SMILES string of the molecule is CC1(C)c2ccccc2-c2ccc(N(C3=CCC(c4ccccc4)C=C3)c3cccc4oc5c6ccccc6c(-c6ccccc6-c6ccccc6)cc5c34)cc21. The van der Waals surface area contributed by atoms with Crippen molar-refractivity contribution >= 4 is 44.1 Å². The first-order chi connectivity index (χ1) is 28.0. The van der Waals surface area contributed by atoms with Crippen molar-refractivity contribution in [2.45, 2.75) is 31.6 Å². The lowest BCUT2D eigenvalue weighted by atomic mass is 9.82. The molecule has 8 aromatic carbocycles. The quantitative estimate of drug-likeness (QED) is 0.169. The third-order valence-corrected chi connectivity index (χ3v) is 12.4. The molecule has 272 valence electrons. The van der Waals surface area contributed by atoms with Crippen LogP contribution in [0.5, 0.6) is 0 Å². The van der Waals surface area contributed by atoms with Crippen LogP contribution in [-0.2, 0) is 5.41 Å². The highest BCUT2D eigenvalue weighted by atomic mass is 16.3. The molecule has 0 amide bonds. The van der Waals surface area contributed by atoms with E-state index in [1.807, 2.05) is 0 Å². The Balaban J connectivity index is 1.15. The summed E-state index contributed by atoms with van der Waals surface area (Å²) in [7, 11) is 0. The molecule has 2 nitrogen and oxygen atoms in total. The largest absolute Gasteiger partial charge is 0.455 e. The summed E-state index contributed by atoms with van der Waals surface area (Å²) in [5, 5.41) is 4.51. The zero-order chi connectivity index (χ0) is 38.1. The van der Waals surface area contributed by atoms with Crippen LogP contribution in [0.25, 0.3) is 66.1 Å². The summed E-state index contributed by atoms with van der Waals surface area (Å²) in [5.41, 5.74) is 16.6. The molecule has 2 aliphatic carbocycles. The number of anilines is 2. The average molecular weight is 732 g/mol. The van der Waals surface area contributed by atoms with Gasteiger partial charge >= 0.3 is 0 Å². The van der Waals surface area contributed by atoms with Crippen molar-refractivity contribution < 1.29 is 4.42 Å². The topological polar surface area (TPSA) is 16.4 Å². The van der Waals surface area contributed by atoms with Crippen LogP contribution in [0.3, 0.4) is 0 Å². The summed E-state index contributed by atoms with van der Waals surface area (Å²) in [6.07, 6.45) is 8.04. The first kappa shape index (κ1) is 33.4. The predicted molar refractivity (Wildman–Crippen MR) is 239 cm³/mol. The van der Waals surface area contributed by atoms with Gasteiger partial charge in [-0.1, -0.05) is 172 Å². The Bertz CT molecular complexity index is 3070. The lowest BCUT2D eigenvalue weighted by molar-refractivity contribution is 0.660. The fraction of sp³-hybridized carbons (Fsp3) is 0.0909. The normalized spacial score (nSPS) is 15.5. The predicted octanol–water partition coefficient (Wildman–Crippen LogP) is 15.1. The summed E-state index contributed by atoms with van der Waals surface area (Å²) < 4.78 is 6.95. The Kier molecular flexibility index (Phi) is 7.69. The van der Waals surface area contributed by atoms with Crippen molar-refractivity contribution in [3.05, 3.63) is 217 Å². The average Bonchev–Trinajstić information content (AvgIpc) is 3.77. The van der Waals surface area contributed by atoms with E-state index >= 15 is 0 Å². The smallest absolute Gasteiger partial charge is 0.143 e. The second kappa shape index (κ2) is 13.1. The van der Waals surface area contributed by atoms with E-state index < -0.39 is 0 Å². The van der Waals surface area contributed by atoms with Crippen LogP contribution in [0.15, 0.2) is 204 Å². The zero-order valence-corrected chi connectivity index (χ0v) is 32.1. The van der Waals surface area contributed by atoms with Crippen LogP contribution < -0.4 is 4.90 Å². The molecule has 0 bridgehead atoms. The Morgan fingerprint density at radius 2 is 1.23 bits per heavy atom. The van der Waals surface area contributed by atoms with E-state index in [0.717, 1.165) is 50.8 Å². The third-order valence-electron chi connectivity index (χ3n) is 12.4. The van der Waals surface area contributed by atoms with Crippen LogP contribution in [0.2, 0.25) is 0 Å². The molecule has 0 saturated heterocycles. The fourth-order valence-electron chi connectivity index (χ4n) is 9.61. The first-order valence-electron chi connectivity index (χ1n) is 20.0. The molecule has 0 saturated carbocycles. The van der Waals surface area contributed by atoms with E-state index in [1.165, 1.54) is 55.5 Å². The van der Waals surface area contributed by atoms with Gasteiger partial charge in [0.1, 0.15) is 11.2 Å². The van der Waals surface area contributed by atoms with Crippen LogP contribution in [0.1, 0.15) is 42.9 Å². The summed E-state index contributed by atoms with van der Waals surface area (Å²) >= 11 is 0. The molecule has 0 aliphatic heterocycles. The molecule has 1 aromatic heterocycles. The minimum Gasteiger partial charge on any atom is -0.455 e. The molecular formula is C55H41NO. The molecule has 1 unspecified atom stereocenters. The fourth-order valence-corrected chi connectivity index (χ4v) is 9.61. The van der Waals surface area contributed by atoms with E-state index in [0.29, 0.717) is 5.92 Å². The zero-order valence-electron chi connectivity index (χ0n) is 32.1. The van der Waals surface area contributed by atoms with Crippen molar-refractivity contribution in [2.24, 2.45) is 0 Å². The number of fused-ring (bicyclic) bond motifs is 8. The van der Waals surface area contributed by atoms with Crippen LogP contribution >= 0.6 is 0 Å². The van der Waals surface area contributed by atoms with E-state index in [4.69, 9.17) is 4.42 Å². The number of hydrogen-bond acceptors (Lipinski definition) is 2. The lowest BCUT2D eigenvalue weighted by Crippen LogP contribution is -2.19. The number of furan rings is 1. The van der Waals surface area contributed by atoms with E-state index in [9.17, 15) is 0 Å². The number of rotatable bonds is 6. The summed E-state index contributed by atoms with van der Waals surface area (Å²) in [5.74, 6) is 0.328. The van der Waals surface area contributed by atoms with Gasteiger partial charge in [-0.25, -0.2) is 0 Å². The number of benzene rings is 8. The van der Waals surface area contributed by atoms with Crippen LogP contribution in [0.4, 0.5) is 11.4 Å². The highest BCUT2D eigenvalue weighted by molar-refractivity contribution is 6.22. The monoisotopic (exact) mass is 731 g/mol. The summed E-state index contributed by atoms with van der Waals surface area (Å²) in [6.45, 7) is 4.72. The summed E-state index contributed by atoms with van der Waals surface area (Å²) in [6, 6.07) is 64.0. The molecule has 57 heavy (non-hydrogen) atoms. The molecule has 1 heterocycles. The third kappa shape index (κ3) is 5.32. The van der Waals surface area contributed by atoms with Crippen molar-refractivity contribution in [1.29, 1.82) is 0 Å². The van der Waals surface area contributed by atoms with Gasteiger partial charge in [0.25, 0.3) is 0 Å². The van der Waals surface area contributed by atoms with Crippen molar-refractivity contribution in [2.75, 3.05) is 4.90 Å². The van der Waals surface area contributed by atoms with Gasteiger partial charge in [0, 0.05) is 33.5 Å². The second-order valence-corrected chi connectivity index (χ2v) is 16.0. The minimum atomic E-state index is -0.128. The van der Waals surface area contributed by atoms with Gasteiger partial charge in [0.2, 0.25) is 0 Å². The molecule has 2 aliphatic rings. The van der Waals surface area contributed by atoms with Gasteiger partial charge in [-0.05, 0) is 98.3 Å². The number of hydrogen-bond donors (Lipinski definition) is 0. The van der Waals surface area contributed by atoms with Crippen molar-refractivity contribution in [3.8, 4) is 33.4 Å². The molecule has 0 fully saturated rings. The molecule has 9 aromatic rings. The van der Waals surface area contributed by atoms with Gasteiger partial charge in [0.15, 0.2) is 0 Å². The highest BCUT2D eigenvalue weighted by Crippen LogP contribution is 2.52. The maximum Gasteiger partial charge on any atom is 0.143 e. The Morgan fingerprint density at radius 1 is 0.544 bits per heavy atom. The Morgan fingerprint density at radius 3 is 2.02 bits per heavy atom. The second-order valence-electron chi connectivity index (χ2n) is 16.0. The molecule has 0 spiro atoms. The lowest BCUT2D eigenvalue weighted by Gasteiger charge is -2.31. The standard InChI is InChI=1S/C55H41NO/c1-55(2)49-25-14-13-23-44(49)45-33-32-40(34-50(45)55)56(39-30-28-37(29-31-39)36-16-5-3-6-17-36)51-26-15-27-52-53(51)48-35-47(43-22-11-12-24-46(43)54(48)57-52)42-21-10-9-20-41(42)38-18-7-4-8-19-38/h3-28,30-35,37H,29H2,1-2H3.